The number of nitrogens with one attached hydrogen (secondary N) is 1. The average molecular weight is 250 g/mol. The standard InChI is InChI=1S/C12H12ClN3O/c13-10-4-1-5-11(7-10)15-16-6-2-3-9(8-16)12(14)17/h1-5,7-8,15H,6H2,(H2,14,17). The predicted molar refractivity (Wildman–Crippen MR) is 68.2 cm³/mol. The lowest BCUT2D eigenvalue weighted by atomic mass is 10.2. The van der Waals surface area contributed by atoms with E-state index in [1.807, 2.05) is 18.2 Å². The Morgan fingerprint density at radius 2 is 2.29 bits per heavy atom. The molecule has 1 heterocycles. The number of benzene rings is 1. The number of hydrogen-bond donors (Lipinski definition) is 2. The Morgan fingerprint density at radius 1 is 1.47 bits per heavy atom. The van der Waals surface area contributed by atoms with Crippen LogP contribution in [0.4, 0.5) is 5.69 Å². The third kappa shape index (κ3) is 3.01. The minimum Gasteiger partial charge on any atom is -0.366 e. The SMILES string of the molecule is NC(=O)C1=CN(Nc2cccc(Cl)c2)CC=C1. The van der Waals surface area contributed by atoms with Crippen molar-refractivity contribution in [3.05, 3.63) is 53.2 Å². The number of amides is 1. The van der Waals surface area contributed by atoms with Gasteiger partial charge in [0.05, 0.1) is 17.8 Å². The van der Waals surface area contributed by atoms with Gasteiger partial charge < -0.3 is 5.73 Å². The Bertz CT molecular complexity index is 496. The molecule has 88 valence electrons. The Morgan fingerprint density at radius 3 is 3.00 bits per heavy atom. The maximum absolute atomic E-state index is 11.0. The first-order valence-corrected chi connectivity index (χ1v) is 5.50. The number of halogens is 1. The van der Waals surface area contributed by atoms with Gasteiger partial charge in [-0.3, -0.25) is 15.2 Å². The second-order valence-electron chi connectivity index (χ2n) is 3.63. The van der Waals surface area contributed by atoms with Crippen LogP contribution in [0.5, 0.6) is 0 Å². The highest BCUT2D eigenvalue weighted by atomic mass is 35.5. The van der Waals surface area contributed by atoms with Crippen molar-refractivity contribution in [3.63, 3.8) is 0 Å². The second kappa shape index (κ2) is 4.93. The van der Waals surface area contributed by atoms with Crippen LogP contribution in [0, 0.1) is 0 Å². The van der Waals surface area contributed by atoms with Crippen molar-refractivity contribution in [2.45, 2.75) is 0 Å². The van der Waals surface area contributed by atoms with E-state index in [1.165, 1.54) is 0 Å². The van der Waals surface area contributed by atoms with Crippen LogP contribution in [0.25, 0.3) is 0 Å². The average Bonchev–Trinajstić information content (AvgIpc) is 2.29. The first-order valence-electron chi connectivity index (χ1n) is 5.12. The number of primary amides is 1. The van der Waals surface area contributed by atoms with E-state index in [1.54, 1.807) is 29.4 Å². The number of hydrogen-bond acceptors (Lipinski definition) is 3. The maximum atomic E-state index is 11.0. The van der Waals surface area contributed by atoms with Gasteiger partial charge in [-0.25, -0.2) is 0 Å². The van der Waals surface area contributed by atoms with E-state index in [9.17, 15) is 4.79 Å². The fourth-order valence-corrected chi connectivity index (χ4v) is 1.69. The van der Waals surface area contributed by atoms with Crippen LogP contribution < -0.4 is 11.2 Å². The van der Waals surface area contributed by atoms with Crippen molar-refractivity contribution >= 4 is 23.2 Å². The van der Waals surface area contributed by atoms with E-state index >= 15 is 0 Å². The molecule has 1 aromatic rings. The minimum atomic E-state index is -0.446. The molecular weight excluding hydrogens is 238 g/mol. The van der Waals surface area contributed by atoms with Crippen LogP contribution in [-0.4, -0.2) is 17.5 Å². The van der Waals surface area contributed by atoms with Crippen LogP contribution >= 0.6 is 11.6 Å². The lowest BCUT2D eigenvalue weighted by Crippen LogP contribution is -2.29. The molecule has 0 aromatic heterocycles. The molecular formula is C12H12ClN3O. The van der Waals surface area contributed by atoms with Crippen molar-refractivity contribution in [1.82, 2.24) is 5.01 Å². The molecule has 1 aromatic carbocycles. The molecule has 2 rings (SSSR count). The zero-order chi connectivity index (χ0) is 12.3. The van der Waals surface area contributed by atoms with Crippen molar-refractivity contribution in [2.75, 3.05) is 12.0 Å². The summed E-state index contributed by atoms with van der Waals surface area (Å²) in [5.74, 6) is -0.446. The van der Waals surface area contributed by atoms with E-state index in [4.69, 9.17) is 17.3 Å². The van der Waals surface area contributed by atoms with Crippen molar-refractivity contribution in [2.24, 2.45) is 5.73 Å². The quantitative estimate of drug-likeness (QED) is 0.860. The highest BCUT2D eigenvalue weighted by Crippen LogP contribution is 2.17. The summed E-state index contributed by atoms with van der Waals surface area (Å²) in [6.07, 6.45) is 5.24. The minimum absolute atomic E-state index is 0.446. The van der Waals surface area contributed by atoms with Gasteiger partial charge in [0.2, 0.25) is 5.91 Å². The Kier molecular flexibility index (Phi) is 3.35. The van der Waals surface area contributed by atoms with Gasteiger partial charge in [-0.05, 0) is 18.2 Å². The van der Waals surface area contributed by atoms with Gasteiger partial charge in [0.1, 0.15) is 0 Å². The number of carbonyl (C=O) groups is 1. The molecule has 1 aliphatic rings. The summed E-state index contributed by atoms with van der Waals surface area (Å²) in [6.45, 7) is 0.656. The molecule has 0 saturated carbocycles. The molecule has 3 N–H and O–H groups in total. The number of anilines is 1. The molecule has 0 saturated heterocycles. The molecule has 0 radical (unpaired) electrons. The smallest absolute Gasteiger partial charge is 0.250 e. The molecule has 0 spiro atoms. The number of nitrogens with two attached hydrogens (primary N) is 1. The van der Waals surface area contributed by atoms with E-state index in [0.29, 0.717) is 17.1 Å². The zero-order valence-corrected chi connectivity index (χ0v) is 9.82. The fraction of sp³-hybridized carbons (Fsp3) is 0.0833. The van der Waals surface area contributed by atoms with Gasteiger partial charge in [0.25, 0.3) is 0 Å². The van der Waals surface area contributed by atoms with Crippen LogP contribution in [0.2, 0.25) is 5.02 Å². The van der Waals surface area contributed by atoms with Crippen LogP contribution in [0.1, 0.15) is 0 Å². The van der Waals surface area contributed by atoms with Gasteiger partial charge in [-0.1, -0.05) is 29.8 Å². The summed E-state index contributed by atoms with van der Waals surface area (Å²) >= 11 is 5.88. The van der Waals surface area contributed by atoms with Gasteiger partial charge in [-0.2, -0.15) is 0 Å². The molecule has 1 amide bonds. The number of nitrogens with zero attached hydrogens (tertiary/aromatic N) is 1. The monoisotopic (exact) mass is 249 g/mol. The van der Waals surface area contributed by atoms with E-state index in [0.717, 1.165) is 5.69 Å². The molecule has 0 fully saturated rings. The summed E-state index contributed by atoms with van der Waals surface area (Å²) in [7, 11) is 0. The summed E-state index contributed by atoms with van der Waals surface area (Å²) in [5, 5.41) is 2.42. The van der Waals surface area contributed by atoms with Gasteiger partial charge >= 0.3 is 0 Å². The van der Waals surface area contributed by atoms with Gasteiger partial charge in [-0.15, -0.1) is 0 Å². The van der Waals surface area contributed by atoms with Crippen molar-refractivity contribution < 1.29 is 4.79 Å². The molecule has 0 atom stereocenters. The van der Waals surface area contributed by atoms with Gasteiger partial charge in [0.15, 0.2) is 0 Å². The third-order valence-electron chi connectivity index (χ3n) is 2.28. The molecule has 17 heavy (non-hydrogen) atoms. The molecule has 1 aliphatic heterocycles. The molecule has 0 aliphatic carbocycles. The molecule has 0 unspecified atom stereocenters. The normalized spacial score (nSPS) is 14.4. The highest BCUT2D eigenvalue weighted by Gasteiger charge is 2.09. The van der Waals surface area contributed by atoms with Crippen molar-refractivity contribution in [1.29, 1.82) is 0 Å². The van der Waals surface area contributed by atoms with Gasteiger partial charge in [0, 0.05) is 11.2 Å². The lowest BCUT2D eigenvalue weighted by Gasteiger charge is -2.24. The topological polar surface area (TPSA) is 58.4 Å². The summed E-state index contributed by atoms with van der Waals surface area (Å²) in [6, 6.07) is 7.34. The lowest BCUT2D eigenvalue weighted by molar-refractivity contribution is -0.114. The number of carbonyl (C=O) groups excluding carboxylic acids is 1. The number of rotatable bonds is 3. The number of hydrazine groups is 1. The summed E-state index contributed by atoms with van der Waals surface area (Å²) in [5.41, 5.74) is 9.65. The predicted octanol–water partition coefficient (Wildman–Crippen LogP) is 1.91. The van der Waals surface area contributed by atoms with E-state index < -0.39 is 5.91 Å². The molecule has 4 nitrogen and oxygen atoms in total. The highest BCUT2D eigenvalue weighted by molar-refractivity contribution is 6.30. The van der Waals surface area contributed by atoms with E-state index in [2.05, 4.69) is 5.43 Å². The largest absolute Gasteiger partial charge is 0.366 e. The van der Waals surface area contributed by atoms with Crippen LogP contribution in [0.15, 0.2) is 48.2 Å². The Labute approximate surface area is 104 Å². The van der Waals surface area contributed by atoms with Crippen LogP contribution in [-0.2, 0) is 4.79 Å². The van der Waals surface area contributed by atoms with Crippen LogP contribution in [0.3, 0.4) is 0 Å². The van der Waals surface area contributed by atoms with Crippen molar-refractivity contribution in [3.8, 4) is 0 Å². The Balaban J connectivity index is 2.10. The third-order valence-corrected chi connectivity index (χ3v) is 2.51. The summed E-state index contributed by atoms with van der Waals surface area (Å²) < 4.78 is 0. The summed E-state index contributed by atoms with van der Waals surface area (Å²) in [4.78, 5) is 11.0. The first kappa shape index (κ1) is 11.5. The fourth-order valence-electron chi connectivity index (χ4n) is 1.50. The molecule has 0 bridgehead atoms. The molecule has 5 heteroatoms. The first-order chi connectivity index (χ1) is 8.15. The second-order valence-corrected chi connectivity index (χ2v) is 4.06. The maximum Gasteiger partial charge on any atom is 0.250 e. The van der Waals surface area contributed by atoms with E-state index in [-0.39, 0.29) is 0 Å². The Hall–Kier alpha value is -1.94. The zero-order valence-electron chi connectivity index (χ0n) is 9.06.